The molecule has 0 aromatic heterocycles. The van der Waals surface area contributed by atoms with E-state index in [-0.39, 0.29) is 5.75 Å². The molecule has 0 spiro atoms. The molecular formula is C50H37NO. The van der Waals surface area contributed by atoms with E-state index in [1.54, 1.807) is 0 Å². The maximum Gasteiger partial charge on any atom is 0.123 e. The maximum atomic E-state index is 11.9. The molecule has 0 saturated heterocycles. The predicted octanol–water partition coefficient (Wildman–Crippen LogP) is 13.0. The third kappa shape index (κ3) is 4.95. The largest absolute Gasteiger partial charge is 0.507 e. The van der Waals surface area contributed by atoms with Crippen LogP contribution in [0.4, 0.5) is 17.1 Å². The lowest BCUT2D eigenvalue weighted by Gasteiger charge is -2.40. The lowest BCUT2D eigenvalue weighted by Crippen LogP contribution is -2.32. The maximum absolute atomic E-state index is 11.9. The average Bonchev–Trinajstić information content (AvgIpc) is 3.52. The Balaban J connectivity index is 1.42. The van der Waals surface area contributed by atoms with E-state index in [0.29, 0.717) is 0 Å². The molecule has 0 amide bonds. The number of hydrogen-bond acceptors (Lipinski definition) is 2. The highest BCUT2D eigenvalue weighted by atomic mass is 16.3. The van der Waals surface area contributed by atoms with Gasteiger partial charge in [0.25, 0.3) is 0 Å². The second-order valence-corrected chi connectivity index (χ2v) is 13.4. The summed E-state index contributed by atoms with van der Waals surface area (Å²) in [5.41, 5.74) is 14.6. The van der Waals surface area contributed by atoms with Crippen LogP contribution in [0.15, 0.2) is 200 Å². The number of aromatic hydroxyl groups is 1. The number of nitrogens with zero attached hydrogens (tertiary/aromatic N) is 1. The lowest BCUT2D eigenvalue weighted by atomic mass is 9.65. The predicted molar refractivity (Wildman–Crippen MR) is 217 cm³/mol. The third-order valence-electron chi connectivity index (χ3n) is 10.5. The molecule has 1 heterocycles. The number of rotatable bonds is 7. The van der Waals surface area contributed by atoms with Crippen LogP contribution >= 0.6 is 0 Å². The molecular weight excluding hydrogens is 631 g/mol. The molecule has 0 bridgehead atoms. The van der Waals surface area contributed by atoms with Crippen molar-refractivity contribution in [2.24, 2.45) is 0 Å². The van der Waals surface area contributed by atoms with E-state index in [1.807, 2.05) is 12.1 Å². The molecule has 7 aromatic carbocycles. The Morgan fingerprint density at radius 1 is 0.596 bits per heavy atom. The first-order valence-electron chi connectivity index (χ1n) is 17.8. The van der Waals surface area contributed by atoms with Crippen LogP contribution in [0.5, 0.6) is 5.75 Å². The van der Waals surface area contributed by atoms with Gasteiger partial charge in [0, 0.05) is 16.8 Å². The Hall–Kier alpha value is -6.64. The van der Waals surface area contributed by atoms with Gasteiger partial charge in [-0.15, -0.1) is 6.58 Å². The molecule has 7 aromatic rings. The first kappa shape index (κ1) is 31.3. The fraction of sp³-hybridized carbons (Fsp3) is 0.0400. The molecule has 1 aliphatic carbocycles. The minimum absolute atomic E-state index is 0.276. The van der Waals surface area contributed by atoms with E-state index >= 15 is 0 Å². The Morgan fingerprint density at radius 2 is 1.19 bits per heavy atom. The van der Waals surface area contributed by atoms with E-state index < -0.39 is 5.41 Å². The van der Waals surface area contributed by atoms with Crippen molar-refractivity contribution in [3.8, 4) is 39.1 Å². The summed E-state index contributed by atoms with van der Waals surface area (Å²) in [5.74, 6) is 0.276. The van der Waals surface area contributed by atoms with Crippen LogP contribution in [-0.4, -0.2) is 5.11 Å². The first-order valence-corrected chi connectivity index (χ1v) is 17.8. The van der Waals surface area contributed by atoms with Gasteiger partial charge >= 0.3 is 0 Å². The molecule has 1 atom stereocenters. The fourth-order valence-corrected chi connectivity index (χ4v) is 8.30. The first-order chi connectivity index (χ1) is 25.7. The standard InChI is InChI=1S/C50H37NO/c1-2-3-7-22-41-34-39-33-38(36-18-10-5-11-19-36)27-30-45(39)51(42-28-25-37(26-29-42)35-16-8-4-9-17-35)46-31-32-47(52)48-43-23-14-15-24-44(43)50(41,49(46)48)40-20-12-6-13-21-40/h2,4-34,52H,1,3H2/b22-7-,41-34+. The Bertz CT molecular complexity index is 2500. The smallest absolute Gasteiger partial charge is 0.123 e. The van der Waals surface area contributed by atoms with Crippen molar-refractivity contribution < 1.29 is 5.11 Å². The molecule has 1 unspecified atom stereocenters. The second kappa shape index (κ2) is 12.9. The van der Waals surface area contributed by atoms with Crippen LogP contribution in [-0.2, 0) is 5.41 Å². The number of phenols is 1. The quantitative estimate of drug-likeness (QED) is 0.171. The van der Waals surface area contributed by atoms with Gasteiger partial charge in [0.05, 0.1) is 16.8 Å². The number of anilines is 3. The topological polar surface area (TPSA) is 23.5 Å². The molecule has 0 fully saturated rings. The van der Waals surface area contributed by atoms with E-state index in [4.69, 9.17) is 0 Å². The summed E-state index contributed by atoms with van der Waals surface area (Å²) in [6, 6.07) is 60.1. The van der Waals surface area contributed by atoms with Gasteiger partial charge in [-0.2, -0.15) is 0 Å². The molecule has 248 valence electrons. The Kier molecular flexibility index (Phi) is 7.79. The summed E-state index contributed by atoms with van der Waals surface area (Å²) in [7, 11) is 0. The average molecular weight is 668 g/mol. The third-order valence-corrected chi connectivity index (χ3v) is 10.5. The molecule has 2 nitrogen and oxygen atoms in total. The molecule has 2 heteroatoms. The van der Waals surface area contributed by atoms with Crippen molar-refractivity contribution in [2.45, 2.75) is 11.8 Å². The molecule has 2 aliphatic rings. The van der Waals surface area contributed by atoms with Crippen LogP contribution < -0.4 is 4.90 Å². The van der Waals surface area contributed by atoms with Crippen LogP contribution in [0.2, 0.25) is 0 Å². The number of phenolic OH excluding ortho intramolecular Hbond substituents is 1. The monoisotopic (exact) mass is 667 g/mol. The van der Waals surface area contributed by atoms with Gasteiger partial charge in [-0.05, 0) is 99.0 Å². The highest BCUT2D eigenvalue weighted by Crippen LogP contribution is 2.63. The molecule has 52 heavy (non-hydrogen) atoms. The normalized spacial score (nSPS) is 16.6. The van der Waals surface area contributed by atoms with E-state index in [9.17, 15) is 5.11 Å². The second-order valence-electron chi connectivity index (χ2n) is 13.4. The zero-order valence-corrected chi connectivity index (χ0v) is 28.8. The van der Waals surface area contributed by atoms with Crippen LogP contribution in [0, 0.1) is 0 Å². The zero-order valence-electron chi connectivity index (χ0n) is 28.8. The number of hydrogen-bond donors (Lipinski definition) is 1. The summed E-state index contributed by atoms with van der Waals surface area (Å²) >= 11 is 0. The van der Waals surface area contributed by atoms with Crippen molar-refractivity contribution in [1.82, 2.24) is 0 Å². The van der Waals surface area contributed by atoms with Gasteiger partial charge in [-0.1, -0.05) is 152 Å². The highest BCUT2D eigenvalue weighted by molar-refractivity contribution is 6.00. The molecule has 1 aliphatic heterocycles. The highest BCUT2D eigenvalue weighted by Gasteiger charge is 2.50. The van der Waals surface area contributed by atoms with Crippen LogP contribution in [0.25, 0.3) is 39.5 Å². The zero-order chi connectivity index (χ0) is 35.1. The summed E-state index contributed by atoms with van der Waals surface area (Å²) in [6.45, 7) is 4.02. The molecule has 1 N–H and O–H groups in total. The van der Waals surface area contributed by atoms with E-state index in [2.05, 4.69) is 193 Å². The minimum atomic E-state index is -0.735. The summed E-state index contributed by atoms with van der Waals surface area (Å²) < 4.78 is 0. The van der Waals surface area contributed by atoms with Gasteiger partial charge in [-0.25, -0.2) is 0 Å². The molecule has 9 rings (SSSR count). The van der Waals surface area contributed by atoms with E-state index in [1.165, 1.54) is 11.1 Å². The molecule has 0 radical (unpaired) electrons. The Labute approximate surface area is 305 Å². The number of fused-ring (bicyclic) bond motifs is 4. The Morgan fingerprint density at radius 3 is 1.90 bits per heavy atom. The van der Waals surface area contributed by atoms with Crippen molar-refractivity contribution in [3.05, 3.63) is 222 Å². The minimum Gasteiger partial charge on any atom is -0.507 e. The summed E-state index contributed by atoms with van der Waals surface area (Å²) in [4.78, 5) is 2.39. The fourth-order valence-electron chi connectivity index (χ4n) is 8.30. The van der Waals surface area contributed by atoms with E-state index in [0.717, 1.165) is 73.6 Å². The molecule has 0 saturated carbocycles. The lowest BCUT2D eigenvalue weighted by molar-refractivity contribution is 0.477. The summed E-state index contributed by atoms with van der Waals surface area (Å²) in [6.07, 6.45) is 9.52. The van der Waals surface area contributed by atoms with Crippen molar-refractivity contribution >= 4 is 23.1 Å². The van der Waals surface area contributed by atoms with Gasteiger partial charge in [0.2, 0.25) is 0 Å². The SMILES string of the molecule is C=CC/C=C\C1=C/c2cc(-c3ccccc3)ccc2N(c2ccc(-c3ccccc3)cc2)c2ccc(O)c3c2C1(c1ccccc1)c1ccccc1-3. The van der Waals surface area contributed by atoms with Crippen molar-refractivity contribution in [3.63, 3.8) is 0 Å². The van der Waals surface area contributed by atoms with Gasteiger partial charge in [0.15, 0.2) is 0 Å². The van der Waals surface area contributed by atoms with Crippen LogP contribution in [0.1, 0.15) is 28.7 Å². The van der Waals surface area contributed by atoms with Crippen molar-refractivity contribution in [1.29, 1.82) is 0 Å². The summed E-state index contributed by atoms with van der Waals surface area (Å²) in [5, 5.41) is 11.9. The number of benzene rings is 7. The van der Waals surface area contributed by atoms with Gasteiger partial charge in [0.1, 0.15) is 5.75 Å². The van der Waals surface area contributed by atoms with Gasteiger partial charge in [-0.3, -0.25) is 0 Å². The number of allylic oxidation sites excluding steroid dienone is 4. The van der Waals surface area contributed by atoms with Crippen molar-refractivity contribution in [2.75, 3.05) is 4.90 Å². The van der Waals surface area contributed by atoms with Gasteiger partial charge < -0.3 is 10.0 Å². The van der Waals surface area contributed by atoms with Crippen LogP contribution in [0.3, 0.4) is 0 Å².